The molecule has 0 aliphatic carbocycles. The van der Waals surface area contributed by atoms with E-state index >= 15 is 0 Å². The number of hydrogen-bond acceptors (Lipinski definition) is 4. The van der Waals surface area contributed by atoms with Crippen molar-refractivity contribution >= 4 is 23.2 Å². The van der Waals surface area contributed by atoms with Crippen LogP contribution in [0, 0.1) is 5.92 Å². The number of benzene rings is 2. The first-order chi connectivity index (χ1) is 14.5. The van der Waals surface area contributed by atoms with Gasteiger partial charge in [-0.3, -0.25) is 9.59 Å². The zero-order valence-corrected chi connectivity index (χ0v) is 17.1. The molecule has 0 saturated carbocycles. The molecule has 30 heavy (non-hydrogen) atoms. The molecule has 3 aliphatic heterocycles. The van der Waals surface area contributed by atoms with E-state index in [1.165, 1.54) is 0 Å². The molecule has 2 aromatic rings. The van der Waals surface area contributed by atoms with Crippen molar-refractivity contribution in [1.29, 1.82) is 0 Å². The first kappa shape index (κ1) is 19.3. The number of carbonyl (C=O) groups excluding carboxylic acids is 2. The van der Waals surface area contributed by atoms with Gasteiger partial charge in [-0.1, -0.05) is 37.3 Å². The molecule has 2 saturated heterocycles. The molecule has 0 unspecified atom stereocenters. The quantitative estimate of drug-likeness (QED) is 0.775. The third kappa shape index (κ3) is 2.78. The molecule has 3 heterocycles. The summed E-state index contributed by atoms with van der Waals surface area (Å²) in [6, 6.07) is 15.7. The van der Waals surface area contributed by atoms with Crippen LogP contribution in [0.1, 0.15) is 37.3 Å². The van der Waals surface area contributed by atoms with Crippen molar-refractivity contribution in [3.63, 3.8) is 0 Å². The maximum absolute atomic E-state index is 13.8. The Bertz CT molecular complexity index is 1010. The highest BCUT2D eigenvalue weighted by Gasteiger charge is 2.59. The van der Waals surface area contributed by atoms with Gasteiger partial charge in [0.15, 0.2) is 5.60 Å². The van der Waals surface area contributed by atoms with Gasteiger partial charge in [0.05, 0.1) is 18.3 Å². The predicted molar refractivity (Wildman–Crippen MR) is 113 cm³/mol. The van der Waals surface area contributed by atoms with Gasteiger partial charge in [-0.15, -0.1) is 0 Å². The number of fused-ring (bicyclic) bond motifs is 2. The smallest absolute Gasteiger partial charge is 0.264 e. The van der Waals surface area contributed by atoms with Crippen LogP contribution in [0.15, 0.2) is 48.5 Å². The van der Waals surface area contributed by atoms with Crippen molar-refractivity contribution in [2.45, 2.75) is 44.4 Å². The average molecular weight is 406 g/mol. The molecule has 3 atom stereocenters. The zero-order chi connectivity index (χ0) is 20.9. The van der Waals surface area contributed by atoms with Crippen LogP contribution in [0.4, 0.5) is 11.4 Å². The monoisotopic (exact) mass is 406 g/mol. The molecule has 6 nitrogen and oxygen atoms in total. The number of carbonyl (C=O) groups is 2. The van der Waals surface area contributed by atoms with Gasteiger partial charge in [0.2, 0.25) is 5.91 Å². The Balaban J connectivity index is 1.48. The second-order valence-electron chi connectivity index (χ2n) is 8.50. The Morgan fingerprint density at radius 1 is 1.17 bits per heavy atom. The summed E-state index contributed by atoms with van der Waals surface area (Å²) in [7, 11) is 0. The van der Waals surface area contributed by atoms with Crippen LogP contribution in [-0.4, -0.2) is 36.2 Å². The predicted octanol–water partition coefficient (Wildman–Crippen LogP) is 2.97. The Labute approximate surface area is 176 Å². The number of nitrogens with zero attached hydrogens (tertiary/aromatic N) is 2. The molecule has 0 radical (unpaired) electrons. The number of para-hydroxylation sites is 1. The largest absolute Gasteiger partial charge is 0.396 e. The number of hydrogen-bond donors (Lipinski definition) is 1. The lowest BCUT2D eigenvalue weighted by molar-refractivity contribution is -0.146. The van der Waals surface area contributed by atoms with Gasteiger partial charge in [-0.25, -0.2) is 0 Å². The number of aliphatic hydroxyl groups excluding tert-OH is 1. The van der Waals surface area contributed by atoms with Crippen LogP contribution in [0.5, 0.6) is 0 Å². The van der Waals surface area contributed by atoms with E-state index in [2.05, 4.69) is 6.92 Å². The molecular formula is C24H26N2O4. The van der Waals surface area contributed by atoms with Gasteiger partial charge in [0.25, 0.3) is 5.91 Å². The van der Waals surface area contributed by atoms with E-state index < -0.39 is 5.60 Å². The number of ether oxygens (including phenoxy) is 1. The number of rotatable bonds is 5. The minimum atomic E-state index is -0.985. The molecule has 156 valence electrons. The van der Waals surface area contributed by atoms with Gasteiger partial charge in [0.1, 0.15) is 0 Å². The zero-order valence-electron chi connectivity index (χ0n) is 17.1. The number of β-lactam (4-membered cyclic amide) rings is 1. The summed E-state index contributed by atoms with van der Waals surface area (Å²) in [6.07, 6.45) is 1.76. The highest BCUT2D eigenvalue weighted by atomic mass is 16.5. The standard InChI is InChI=1S/C24H26N2O4/c1-16-13-19(10-12-27)30-24(16)20-7-2-3-8-21(20)26(23(24)29)15-17-5-4-6-18(14-17)25-11-9-22(25)28/h2-8,14,16,19,27H,9-13,15H2,1H3/t16-,19+,24+/m0/s1. The van der Waals surface area contributed by atoms with Crippen LogP contribution in [0.3, 0.4) is 0 Å². The van der Waals surface area contributed by atoms with Crippen LogP contribution >= 0.6 is 0 Å². The van der Waals surface area contributed by atoms with Crippen molar-refractivity contribution in [1.82, 2.24) is 0 Å². The minimum Gasteiger partial charge on any atom is -0.396 e. The van der Waals surface area contributed by atoms with Gasteiger partial charge in [-0.05, 0) is 36.6 Å². The first-order valence-electron chi connectivity index (χ1n) is 10.6. The van der Waals surface area contributed by atoms with E-state index in [-0.39, 0.29) is 30.4 Å². The SMILES string of the molecule is C[C@H]1C[C@@H](CCO)O[C@]12C(=O)N(Cc1cccc(N3CCC3=O)c1)c1ccccc12. The summed E-state index contributed by atoms with van der Waals surface area (Å²) in [5, 5.41) is 9.36. The van der Waals surface area contributed by atoms with Crippen LogP contribution < -0.4 is 9.80 Å². The fraction of sp³-hybridized carbons (Fsp3) is 0.417. The lowest BCUT2D eigenvalue weighted by Crippen LogP contribution is -2.44. The maximum Gasteiger partial charge on any atom is 0.264 e. The lowest BCUT2D eigenvalue weighted by Gasteiger charge is -2.31. The fourth-order valence-electron chi connectivity index (χ4n) is 5.10. The summed E-state index contributed by atoms with van der Waals surface area (Å²) in [5.41, 5.74) is 2.67. The molecule has 2 amide bonds. The van der Waals surface area contributed by atoms with E-state index in [0.29, 0.717) is 19.4 Å². The van der Waals surface area contributed by atoms with Gasteiger partial charge < -0.3 is 19.6 Å². The Kier molecular flexibility index (Phi) is 4.64. The Hall–Kier alpha value is -2.70. The molecule has 2 fully saturated rings. The molecule has 3 aliphatic rings. The average Bonchev–Trinajstić information content (AvgIpc) is 3.18. The fourth-order valence-corrected chi connectivity index (χ4v) is 5.10. The highest BCUT2D eigenvalue weighted by Crippen LogP contribution is 2.53. The number of aliphatic hydroxyl groups is 1. The second-order valence-corrected chi connectivity index (χ2v) is 8.50. The number of anilines is 2. The van der Waals surface area contributed by atoms with E-state index in [1.807, 2.05) is 53.4 Å². The van der Waals surface area contributed by atoms with Gasteiger partial charge >= 0.3 is 0 Å². The summed E-state index contributed by atoms with van der Waals surface area (Å²) in [5.74, 6) is 0.122. The van der Waals surface area contributed by atoms with Crippen LogP contribution in [-0.2, 0) is 26.5 Å². The van der Waals surface area contributed by atoms with E-state index in [1.54, 1.807) is 4.90 Å². The van der Waals surface area contributed by atoms with Gasteiger partial charge in [0, 0.05) is 36.7 Å². The highest BCUT2D eigenvalue weighted by molar-refractivity contribution is 6.07. The lowest BCUT2D eigenvalue weighted by atomic mass is 9.83. The Morgan fingerprint density at radius 2 is 2.00 bits per heavy atom. The summed E-state index contributed by atoms with van der Waals surface area (Å²) < 4.78 is 6.37. The van der Waals surface area contributed by atoms with Crippen molar-refractivity contribution in [2.75, 3.05) is 23.0 Å². The van der Waals surface area contributed by atoms with Crippen molar-refractivity contribution in [3.05, 3.63) is 59.7 Å². The molecule has 1 spiro atoms. The molecule has 5 rings (SSSR count). The summed E-state index contributed by atoms with van der Waals surface area (Å²) in [6.45, 7) is 3.28. The molecule has 2 aromatic carbocycles. The van der Waals surface area contributed by atoms with Crippen molar-refractivity contribution in [2.24, 2.45) is 5.92 Å². The number of amides is 2. The minimum absolute atomic E-state index is 0.0257. The topological polar surface area (TPSA) is 70.1 Å². The normalized spacial score (nSPS) is 27.7. The third-order valence-corrected chi connectivity index (χ3v) is 6.69. The maximum atomic E-state index is 13.8. The first-order valence-corrected chi connectivity index (χ1v) is 10.6. The molecule has 0 aromatic heterocycles. The van der Waals surface area contributed by atoms with E-state index in [9.17, 15) is 14.7 Å². The van der Waals surface area contributed by atoms with E-state index in [0.717, 1.165) is 35.5 Å². The molecular weight excluding hydrogens is 380 g/mol. The molecule has 6 heteroatoms. The Morgan fingerprint density at radius 3 is 2.73 bits per heavy atom. The molecule has 1 N–H and O–H groups in total. The van der Waals surface area contributed by atoms with Crippen LogP contribution in [0.2, 0.25) is 0 Å². The third-order valence-electron chi connectivity index (χ3n) is 6.69. The van der Waals surface area contributed by atoms with E-state index in [4.69, 9.17) is 4.74 Å². The summed E-state index contributed by atoms with van der Waals surface area (Å²) >= 11 is 0. The second kappa shape index (κ2) is 7.22. The summed E-state index contributed by atoms with van der Waals surface area (Å²) in [4.78, 5) is 29.2. The van der Waals surface area contributed by atoms with Crippen molar-refractivity contribution in [3.8, 4) is 0 Å². The van der Waals surface area contributed by atoms with Crippen molar-refractivity contribution < 1.29 is 19.4 Å². The van der Waals surface area contributed by atoms with Crippen LogP contribution in [0.25, 0.3) is 0 Å². The molecule has 0 bridgehead atoms. The van der Waals surface area contributed by atoms with Gasteiger partial charge in [-0.2, -0.15) is 0 Å².